The van der Waals surface area contributed by atoms with Crippen molar-refractivity contribution in [3.8, 4) is 0 Å². The van der Waals surface area contributed by atoms with Crippen LogP contribution in [0.4, 0.5) is 6.01 Å². The van der Waals surface area contributed by atoms with Crippen molar-refractivity contribution < 1.29 is 9.21 Å². The van der Waals surface area contributed by atoms with E-state index in [9.17, 15) is 4.79 Å². The highest BCUT2D eigenvalue weighted by Crippen LogP contribution is 2.21. The van der Waals surface area contributed by atoms with Gasteiger partial charge in [0.05, 0.1) is 0 Å². The van der Waals surface area contributed by atoms with Crippen molar-refractivity contribution in [1.29, 1.82) is 0 Å². The van der Waals surface area contributed by atoms with Gasteiger partial charge >= 0.3 is 0 Å². The minimum Gasteiger partial charge on any atom is -0.422 e. The molecule has 2 aromatic rings. The number of aromatic nitrogens is 2. The summed E-state index contributed by atoms with van der Waals surface area (Å²) in [5, 5.41) is 0. The zero-order chi connectivity index (χ0) is 14.8. The number of hydrogen-bond acceptors (Lipinski definition) is 5. The molecule has 0 N–H and O–H groups in total. The van der Waals surface area contributed by atoms with E-state index in [1.54, 1.807) is 6.20 Å². The molecule has 1 amide bonds. The fourth-order valence-corrected chi connectivity index (χ4v) is 2.52. The first-order chi connectivity index (χ1) is 10.1. The molecule has 0 aromatic carbocycles. The van der Waals surface area contributed by atoms with Crippen LogP contribution in [0.3, 0.4) is 0 Å². The second-order valence-electron chi connectivity index (χ2n) is 5.79. The third-order valence-electron chi connectivity index (χ3n) is 3.64. The van der Waals surface area contributed by atoms with Crippen LogP contribution in [-0.4, -0.2) is 47.0 Å². The molecule has 21 heavy (non-hydrogen) atoms. The summed E-state index contributed by atoms with van der Waals surface area (Å²) in [6.07, 6.45) is 2.32. The second-order valence-corrected chi connectivity index (χ2v) is 5.79. The summed E-state index contributed by atoms with van der Waals surface area (Å²) in [5.74, 6) is 0.641. The molecule has 1 aliphatic rings. The van der Waals surface area contributed by atoms with E-state index in [0.29, 0.717) is 29.6 Å². The van der Waals surface area contributed by atoms with Gasteiger partial charge in [0.2, 0.25) is 11.6 Å². The lowest BCUT2D eigenvalue weighted by atomic mass is 10.1. The van der Waals surface area contributed by atoms with E-state index < -0.39 is 0 Å². The molecule has 1 saturated heterocycles. The monoisotopic (exact) mass is 288 g/mol. The van der Waals surface area contributed by atoms with Gasteiger partial charge in [-0.15, -0.1) is 0 Å². The van der Waals surface area contributed by atoms with Gasteiger partial charge in [0, 0.05) is 38.8 Å². The molecule has 1 fully saturated rings. The molecule has 0 bridgehead atoms. The number of pyridine rings is 1. The predicted molar refractivity (Wildman–Crippen MR) is 80.1 cm³/mol. The first kappa shape index (κ1) is 13.9. The minimum absolute atomic E-state index is 0.240. The summed E-state index contributed by atoms with van der Waals surface area (Å²) in [6, 6.07) is 4.29. The molecule has 6 heteroatoms. The maximum absolute atomic E-state index is 12.1. The van der Waals surface area contributed by atoms with Gasteiger partial charge in [-0.25, -0.2) is 4.98 Å². The summed E-state index contributed by atoms with van der Waals surface area (Å²) in [7, 11) is 0. The Balaban J connectivity index is 1.64. The number of amides is 1. The zero-order valence-corrected chi connectivity index (χ0v) is 12.5. The van der Waals surface area contributed by atoms with E-state index >= 15 is 0 Å². The van der Waals surface area contributed by atoms with E-state index in [4.69, 9.17) is 4.42 Å². The first-order valence-corrected chi connectivity index (χ1v) is 7.38. The third kappa shape index (κ3) is 2.99. The Hall–Kier alpha value is -2.11. The Morgan fingerprint density at radius 2 is 2.10 bits per heavy atom. The number of fused-ring (bicyclic) bond motifs is 1. The quantitative estimate of drug-likeness (QED) is 0.863. The summed E-state index contributed by atoms with van der Waals surface area (Å²) in [5.41, 5.74) is 1.33. The number of piperazine rings is 1. The van der Waals surface area contributed by atoms with Crippen molar-refractivity contribution >= 4 is 23.2 Å². The molecule has 0 aliphatic carbocycles. The van der Waals surface area contributed by atoms with Crippen LogP contribution in [0.5, 0.6) is 0 Å². The van der Waals surface area contributed by atoms with Crippen LogP contribution in [0.2, 0.25) is 0 Å². The maximum atomic E-state index is 12.1. The highest BCUT2D eigenvalue weighted by atomic mass is 16.4. The Morgan fingerprint density at radius 3 is 2.76 bits per heavy atom. The van der Waals surface area contributed by atoms with Crippen LogP contribution in [0.1, 0.15) is 20.3 Å². The number of rotatable bonds is 3. The Kier molecular flexibility index (Phi) is 3.77. The Morgan fingerprint density at radius 1 is 1.33 bits per heavy atom. The third-order valence-corrected chi connectivity index (χ3v) is 3.64. The molecular formula is C15H20N4O2. The van der Waals surface area contributed by atoms with Gasteiger partial charge in [-0.3, -0.25) is 4.79 Å². The number of carbonyl (C=O) groups is 1. The number of carbonyl (C=O) groups excluding carboxylic acids is 1. The lowest BCUT2D eigenvalue weighted by Crippen LogP contribution is -2.49. The molecule has 3 heterocycles. The standard InChI is InChI=1S/C15H20N4O2/c1-11(2)10-13(20)18-6-8-19(9-7-18)15-17-14-12(21-15)4-3-5-16-14/h3-5,11H,6-10H2,1-2H3. The maximum Gasteiger partial charge on any atom is 0.300 e. The number of nitrogens with zero attached hydrogens (tertiary/aromatic N) is 4. The minimum atomic E-state index is 0.240. The van der Waals surface area contributed by atoms with Crippen LogP contribution in [0.15, 0.2) is 22.7 Å². The molecule has 0 unspecified atom stereocenters. The van der Waals surface area contributed by atoms with Gasteiger partial charge in [-0.1, -0.05) is 13.8 Å². The van der Waals surface area contributed by atoms with Gasteiger partial charge in [0.25, 0.3) is 6.01 Å². The van der Waals surface area contributed by atoms with Crippen molar-refractivity contribution in [2.75, 3.05) is 31.1 Å². The van der Waals surface area contributed by atoms with E-state index in [1.165, 1.54) is 0 Å². The summed E-state index contributed by atoms with van der Waals surface area (Å²) >= 11 is 0. The van der Waals surface area contributed by atoms with E-state index in [0.717, 1.165) is 26.2 Å². The van der Waals surface area contributed by atoms with Crippen LogP contribution in [0, 0.1) is 5.92 Å². The molecule has 6 nitrogen and oxygen atoms in total. The normalized spacial score (nSPS) is 16.0. The molecule has 1 aliphatic heterocycles. The molecule has 3 rings (SSSR count). The molecule has 2 aromatic heterocycles. The molecule has 0 atom stereocenters. The van der Waals surface area contributed by atoms with E-state index in [1.807, 2.05) is 17.0 Å². The van der Waals surface area contributed by atoms with Gasteiger partial charge in [-0.2, -0.15) is 4.98 Å². The van der Waals surface area contributed by atoms with Crippen molar-refractivity contribution in [3.05, 3.63) is 18.3 Å². The smallest absolute Gasteiger partial charge is 0.300 e. The zero-order valence-electron chi connectivity index (χ0n) is 12.5. The molecule has 112 valence electrons. The highest BCUT2D eigenvalue weighted by Gasteiger charge is 2.24. The van der Waals surface area contributed by atoms with Crippen LogP contribution in [0.25, 0.3) is 11.2 Å². The fourth-order valence-electron chi connectivity index (χ4n) is 2.52. The average molecular weight is 288 g/mol. The number of anilines is 1. The Labute approximate surface area is 123 Å². The number of oxazole rings is 1. The average Bonchev–Trinajstić information content (AvgIpc) is 2.90. The van der Waals surface area contributed by atoms with E-state index in [2.05, 4.69) is 28.7 Å². The lowest BCUT2D eigenvalue weighted by molar-refractivity contribution is -0.132. The second kappa shape index (κ2) is 5.71. The largest absolute Gasteiger partial charge is 0.422 e. The van der Waals surface area contributed by atoms with Crippen LogP contribution < -0.4 is 4.90 Å². The lowest BCUT2D eigenvalue weighted by Gasteiger charge is -2.34. The van der Waals surface area contributed by atoms with Gasteiger partial charge in [0.1, 0.15) is 0 Å². The SMILES string of the molecule is CC(C)CC(=O)N1CCN(c2nc3ncccc3o2)CC1. The molecular weight excluding hydrogens is 268 g/mol. The fraction of sp³-hybridized carbons (Fsp3) is 0.533. The topological polar surface area (TPSA) is 62.5 Å². The molecule has 0 saturated carbocycles. The molecule has 0 spiro atoms. The van der Waals surface area contributed by atoms with Crippen LogP contribution >= 0.6 is 0 Å². The van der Waals surface area contributed by atoms with Gasteiger partial charge in [0.15, 0.2) is 5.58 Å². The van der Waals surface area contributed by atoms with Gasteiger partial charge in [-0.05, 0) is 18.1 Å². The van der Waals surface area contributed by atoms with Crippen molar-refractivity contribution in [3.63, 3.8) is 0 Å². The Bertz CT molecular complexity index is 596. The van der Waals surface area contributed by atoms with Crippen LogP contribution in [-0.2, 0) is 4.79 Å². The number of hydrogen-bond donors (Lipinski definition) is 0. The summed E-state index contributed by atoms with van der Waals surface area (Å²) in [6.45, 7) is 7.07. The highest BCUT2D eigenvalue weighted by molar-refractivity contribution is 5.76. The summed E-state index contributed by atoms with van der Waals surface area (Å²) in [4.78, 5) is 24.6. The first-order valence-electron chi connectivity index (χ1n) is 7.38. The van der Waals surface area contributed by atoms with E-state index in [-0.39, 0.29) is 5.91 Å². The predicted octanol–water partition coefficient (Wildman–Crippen LogP) is 1.92. The molecule has 0 radical (unpaired) electrons. The van der Waals surface area contributed by atoms with Crippen molar-refractivity contribution in [2.24, 2.45) is 5.92 Å². The van der Waals surface area contributed by atoms with Crippen molar-refractivity contribution in [1.82, 2.24) is 14.9 Å². The van der Waals surface area contributed by atoms with Crippen molar-refractivity contribution in [2.45, 2.75) is 20.3 Å². The summed E-state index contributed by atoms with van der Waals surface area (Å²) < 4.78 is 5.72. The van der Waals surface area contributed by atoms with Gasteiger partial charge < -0.3 is 14.2 Å².